The van der Waals surface area contributed by atoms with E-state index in [0.717, 1.165) is 45.7 Å². The SMILES string of the molecule is Cc1c(C(=O)N(C)c2ccccc2)cc(-c2cc3c(cc2C(=O)N2Cc4ccccc4C[C@H]2C)CN(C(=O)O)CC3)n1C. The zero-order chi connectivity index (χ0) is 30.4. The number of hydrogen-bond donors (Lipinski definition) is 1. The molecule has 0 saturated heterocycles. The first-order valence-corrected chi connectivity index (χ1v) is 14.6. The smallest absolute Gasteiger partial charge is 0.407 e. The van der Waals surface area contributed by atoms with Crippen LogP contribution in [0, 0.1) is 6.92 Å². The highest BCUT2D eigenvalue weighted by molar-refractivity contribution is 6.08. The Morgan fingerprint density at radius 2 is 1.56 bits per heavy atom. The first-order valence-electron chi connectivity index (χ1n) is 14.6. The van der Waals surface area contributed by atoms with Gasteiger partial charge in [-0.1, -0.05) is 42.5 Å². The molecular weight excluding hydrogens is 540 g/mol. The summed E-state index contributed by atoms with van der Waals surface area (Å²) in [5.41, 5.74) is 8.48. The summed E-state index contributed by atoms with van der Waals surface area (Å²) in [5.74, 6) is -0.227. The van der Waals surface area contributed by atoms with E-state index < -0.39 is 6.09 Å². The molecule has 4 aromatic rings. The van der Waals surface area contributed by atoms with E-state index in [-0.39, 0.29) is 24.4 Å². The Morgan fingerprint density at radius 1 is 0.860 bits per heavy atom. The molecule has 43 heavy (non-hydrogen) atoms. The van der Waals surface area contributed by atoms with E-state index in [1.165, 1.54) is 10.5 Å². The normalized spacial score (nSPS) is 16.0. The maximum Gasteiger partial charge on any atom is 0.407 e. The fraction of sp³-hybridized carbons (Fsp3) is 0.286. The van der Waals surface area contributed by atoms with Gasteiger partial charge in [0.1, 0.15) is 0 Å². The average Bonchev–Trinajstić information content (AvgIpc) is 3.32. The van der Waals surface area contributed by atoms with Crippen LogP contribution < -0.4 is 4.90 Å². The lowest BCUT2D eigenvalue weighted by Crippen LogP contribution is -2.43. The van der Waals surface area contributed by atoms with E-state index >= 15 is 0 Å². The molecular formula is C35H36N4O4. The molecule has 2 aliphatic rings. The van der Waals surface area contributed by atoms with Crippen LogP contribution >= 0.6 is 0 Å². The number of rotatable bonds is 4. The molecule has 0 saturated carbocycles. The van der Waals surface area contributed by atoms with Crippen LogP contribution in [0.3, 0.4) is 0 Å². The summed E-state index contributed by atoms with van der Waals surface area (Å²) in [6, 6.07) is 23.5. The van der Waals surface area contributed by atoms with Gasteiger partial charge in [-0.15, -0.1) is 0 Å². The summed E-state index contributed by atoms with van der Waals surface area (Å²) in [4.78, 5) is 44.9. The van der Waals surface area contributed by atoms with Crippen LogP contribution in [0.25, 0.3) is 11.3 Å². The van der Waals surface area contributed by atoms with Crippen molar-refractivity contribution in [2.75, 3.05) is 18.5 Å². The molecule has 0 unspecified atom stereocenters. The van der Waals surface area contributed by atoms with Gasteiger partial charge in [-0.05, 0) is 79.3 Å². The standard InChI is InChI=1S/C35H36N4O4/c1-22-16-24-10-8-9-11-26(24)21-39(22)34(41)31-18-27-20-38(35(42)43)15-14-25(27)17-30(31)32-19-29(23(2)36(32)3)33(40)37(4)28-12-6-5-7-13-28/h5-13,17-19,22H,14-16,20-21H2,1-4H3,(H,42,43)/t22-/m1/s1. The molecule has 0 fully saturated rings. The molecule has 220 valence electrons. The number of amides is 3. The highest BCUT2D eigenvalue weighted by Crippen LogP contribution is 2.35. The van der Waals surface area contributed by atoms with Crippen LogP contribution in [-0.2, 0) is 33.0 Å². The zero-order valence-electron chi connectivity index (χ0n) is 25.0. The van der Waals surface area contributed by atoms with Gasteiger partial charge in [-0.25, -0.2) is 4.79 Å². The predicted octanol–water partition coefficient (Wildman–Crippen LogP) is 5.90. The molecule has 2 aliphatic heterocycles. The number of benzene rings is 3. The Labute approximate surface area is 251 Å². The van der Waals surface area contributed by atoms with E-state index in [0.29, 0.717) is 30.6 Å². The van der Waals surface area contributed by atoms with Crippen molar-refractivity contribution in [3.8, 4) is 11.3 Å². The van der Waals surface area contributed by atoms with Crippen LogP contribution in [0.5, 0.6) is 0 Å². The average molecular weight is 577 g/mol. The Hall–Kier alpha value is -4.85. The topological polar surface area (TPSA) is 86.1 Å². The third-order valence-corrected chi connectivity index (χ3v) is 9.11. The van der Waals surface area contributed by atoms with Crippen LogP contribution in [0.2, 0.25) is 0 Å². The molecule has 0 radical (unpaired) electrons. The molecule has 0 aliphatic carbocycles. The van der Waals surface area contributed by atoms with Gasteiger partial charge in [-0.3, -0.25) is 9.59 Å². The Bertz CT molecular complexity index is 1740. The Kier molecular flexibility index (Phi) is 7.30. The highest BCUT2D eigenvalue weighted by atomic mass is 16.4. The fourth-order valence-electron chi connectivity index (χ4n) is 6.39. The first-order chi connectivity index (χ1) is 20.6. The van der Waals surface area contributed by atoms with Crippen LogP contribution in [0.15, 0.2) is 72.8 Å². The van der Waals surface area contributed by atoms with Gasteiger partial charge >= 0.3 is 6.09 Å². The predicted molar refractivity (Wildman–Crippen MR) is 166 cm³/mol. The van der Waals surface area contributed by atoms with E-state index in [4.69, 9.17) is 0 Å². The van der Waals surface area contributed by atoms with E-state index in [2.05, 4.69) is 19.1 Å². The van der Waals surface area contributed by atoms with Gasteiger partial charge in [0.2, 0.25) is 0 Å². The lowest BCUT2D eigenvalue weighted by atomic mass is 9.90. The molecule has 1 N–H and O–H groups in total. The quantitative estimate of drug-likeness (QED) is 0.328. The fourth-order valence-corrected chi connectivity index (χ4v) is 6.39. The van der Waals surface area contributed by atoms with Gasteiger partial charge in [0.25, 0.3) is 11.8 Å². The third kappa shape index (κ3) is 5.07. The molecule has 3 heterocycles. The van der Waals surface area contributed by atoms with Crippen LogP contribution in [0.4, 0.5) is 10.5 Å². The summed E-state index contributed by atoms with van der Waals surface area (Å²) in [6.07, 6.45) is 0.359. The molecule has 3 aromatic carbocycles. The van der Waals surface area contributed by atoms with Crippen LogP contribution in [0.1, 0.15) is 55.6 Å². The number of hydrogen-bond acceptors (Lipinski definition) is 3. The minimum absolute atomic E-state index is 0.00592. The largest absolute Gasteiger partial charge is 0.465 e. The van der Waals surface area contributed by atoms with Gasteiger partial charge < -0.3 is 24.4 Å². The lowest BCUT2D eigenvalue weighted by molar-refractivity contribution is 0.0658. The summed E-state index contributed by atoms with van der Waals surface area (Å²) in [6.45, 7) is 5.13. The summed E-state index contributed by atoms with van der Waals surface area (Å²) in [5, 5.41) is 9.67. The minimum atomic E-state index is -0.965. The van der Waals surface area contributed by atoms with Gasteiger partial charge in [0.05, 0.1) is 5.56 Å². The molecule has 0 spiro atoms. The summed E-state index contributed by atoms with van der Waals surface area (Å²) >= 11 is 0. The number of carbonyl (C=O) groups is 3. The third-order valence-electron chi connectivity index (χ3n) is 9.11. The van der Waals surface area contributed by atoms with E-state index in [1.807, 2.05) is 84.1 Å². The van der Waals surface area contributed by atoms with Crippen molar-refractivity contribution in [1.29, 1.82) is 0 Å². The number of para-hydroxylation sites is 1. The van der Waals surface area contributed by atoms with Gasteiger partial charge in [-0.2, -0.15) is 0 Å². The Balaban J connectivity index is 1.45. The summed E-state index contributed by atoms with van der Waals surface area (Å²) < 4.78 is 1.98. The molecule has 0 bridgehead atoms. The van der Waals surface area contributed by atoms with Gasteiger partial charge in [0.15, 0.2) is 0 Å². The van der Waals surface area contributed by atoms with Crippen molar-refractivity contribution in [2.24, 2.45) is 7.05 Å². The molecule has 8 nitrogen and oxygen atoms in total. The maximum absolute atomic E-state index is 14.5. The van der Waals surface area contributed by atoms with Gasteiger partial charge in [0, 0.05) is 68.0 Å². The zero-order valence-corrected chi connectivity index (χ0v) is 25.0. The minimum Gasteiger partial charge on any atom is -0.465 e. The highest BCUT2D eigenvalue weighted by Gasteiger charge is 2.32. The van der Waals surface area contributed by atoms with E-state index in [1.54, 1.807) is 11.9 Å². The van der Waals surface area contributed by atoms with Crippen molar-refractivity contribution in [3.63, 3.8) is 0 Å². The number of carbonyl (C=O) groups excluding carboxylic acids is 2. The molecule has 8 heteroatoms. The van der Waals surface area contributed by atoms with E-state index in [9.17, 15) is 19.5 Å². The number of aromatic nitrogens is 1. The first kappa shape index (κ1) is 28.3. The molecule has 6 rings (SSSR count). The second kappa shape index (κ2) is 11.1. The molecule has 1 atom stereocenters. The molecule has 1 aromatic heterocycles. The molecule has 3 amide bonds. The second-order valence-corrected chi connectivity index (χ2v) is 11.7. The summed E-state index contributed by atoms with van der Waals surface area (Å²) in [7, 11) is 3.69. The van der Waals surface area contributed by atoms with Crippen molar-refractivity contribution >= 4 is 23.6 Å². The van der Waals surface area contributed by atoms with Crippen molar-refractivity contribution in [3.05, 3.63) is 112 Å². The Morgan fingerprint density at radius 3 is 2.28 bits per heavy atom. The number of carboxylic acid groups (broad SMARTS) is 1. The monoisotopic (exact) mass is 576 g/mol. The number of anilines is 1. The lowest BCUT2D eigenvalue weighted by Gasteiger charge is -2.36. The van der Waals surface area contributed by atoms with Crippen molar-refractivity contribution in [1.82, 2.24) is 14.4 Å². The second-order valence-electron chi connectivity index (χ2n) is 11.7. The number of fused-ring (bicyclic) bond motifs is 2. The van der Waals surface area contributed by atoms with Crippen molar-refractivity contribution in [2.45, 2.75) is 45.8 Å². The maximum atomic E-state index is 14.5. The van der Waals surface area contributed by atoms with Crippen LogP contribution in [-0.4, -0.2) is 57.0 Å². The van der Waals surface area contributed by atoms with Crippen molar-refractivity contribution < 1.29 is 19.5 Å². The number of nitrogens with zero attached hydrogens (tertiary/aromatic N) is 4.